The lowest BCUT2D eigenvalue weighted by Crippen LogP contribution is -2.43. The summed E-state index contributed by atoms with van der Waals surface area (Å²) in [5.74, 6) is 0.0670. The van der Waals surface area contributed by atoms with Crippen molar-refractivity contribution >= 4 is 41.5 Å². The standard InChI is InChI=1S/C19H30FN5O.HI/c1-15-6-3-4-12-25(15)13-5-11-22-19(21-2)23-14-18(26)24-17-9-7-16(20)8-10-17;/h7-10,15H,3-6,11-14H2,1-2H3,(H,24,26)(H2,21,22,23);1H. The van der Waals surface area contributed by atoms with Crippen molar-refractivity contribution in [1.82, 2.24) is 15.5 Å². The zero-order chi connectivity index (χ0) is 18.8. The molecule has 0 radical (unpaired) electrons. The smallest absolute Gasteiger partial charge is 0.243 e. The van der Waals surface area contributed by atoms with Crippen LogP contribution in [0.25, 0.3) is 0 Å². The lowest BCUT2D eigenvalue weighted by molar-refractivity contribution is -0.115. The Balaban J connectivity index is 0.00000364. The highest BCUT2D eigenvalue weighted by Gasteiger charge is 2.17. The minimum absolute atomic E-state index is 0. The van der Waals surface area contributed by atoms with Crippen LogP contribution in [0.3, 0.4) is 0 Å². The van der Waals surface area contributed by atoms with Gasteiger partial charge in [0.2, 0.25) is 5.91 Å². The molecule has 8 heteroatoms. The lowest BCUT2D eigenvalue weighted by atomic mass is 10.0. The van der Waals surface area contributed by atoms with Crippen molar-refractivity contribution in [2.24, 2.45) is 4.99 Å². The van der Waals surface area contributed by atoms with Gasteiger partial charge in [0.1, 0.15) is 5.82 Å². The molecule has 1 unspecified atom stereocenters. The number of piperidine rings is 1. The van der Waals surface area contributed by atoms with Crippen LogP contribution in [0.4, 0.5) is 10.1 Å². The largest absolute Gasteiger partial charge is 0.356 e. The number of benzene rings is 1. The van der Waals surface area contributed by atoms with Crippen LogP contribution in [-0.4, -0.2) is 56.0 Å². The first-order chi connectivity index (χ1) is 12.6. The first kappa shape index (κ1) is 23.6. The van der Waals surface area contributed by atoms with Crippen molar-refractivity contribution in [3.63, 3.8) is 0 Å². The number of rotatable bonds is 7. The SMILES string of the molecule is CN=C(NCCCN1CCCCC1C)NCC(=O)Nc1ccc(F)cc1.I. The Morgan fingerprint density at radius 1 is 1.26 bits per heavy atom. The number of halogens is 2. The Labute approximate surface area is 178 Å². The minimum atomic E-state index is -0.329. The topological polar surface area (TPSA) is 68.8 Å². The van der Waals surface area contributed by atoms with Crippen LogP contribution in [0, 0.1) is 5.82 Å². The summed E-state index contributed by atoms with van der Waals surface area (Å²) < 4.78 is 12.9. The van der Waals surface area contributed by atoms with Crippen molar-refractivity contribution < 1.29 is 9.18 Å². The van der Waals surface area contributed by atoms with Crippen molar-refractivity contribution in [3.05, 3.63) is 30.1 Å². The molecule has 1 aliphatic heterocycles. The molecule has 1 saturated heterocycles. The molecule has 1 aromatic carbocycles. The fourth-order valence-electron chi connectivity index (χ4n) is 3.10. The third-order valence-electron chi connectivity index (χ3n) is 4.62. The highest BCUT2D eigenvalue weighted by molar-refractivity contribution is 14.0. The average Bonchev–Trinajstić information content (AvgIpc) is 2.64. The summed E-state index contributed by atoms with van der Waals surface area (Å²) in [7, 11) is 1.68. The van der Waals surface area contributed by atoms with Crippen LogP contribution in [-0.2, 0) is 4.79 Å². The van der Waals surface area contributed by atoms with Crippen LogP contribution in [0.1, 0.15) is 32.6 Å². The number of carbonyl (C=O) groups excluding carboxylic acids is 1. The van der Waals surface area contributed by atoms with E-state index in [-0.39, 0.29) is 42.2 Å². The predicted molar refractivity (Wildman–Crippen MR) is 119 cm³/mol. The van der Waals surface area contributed by atoms with Gasteiger partial charge in [0.05, 0.1) is 6.54 Å². The van der Waals surface area contributed by atoms with Crippen LogP contribution in [0.15, 0.2) is 29.3 Å². The van der Waals surface area contributed by atoms with Crippen molar-refractivity contribution in [3.8, 4) is 0 Å². The molecule has 1 amide bonds. The van der Waals surface area contributed by atoms with Crippen LogP contribution in [0.5, 0.6) is 0 Å². The summed E-state index contributed by atoms with van der Waals surface area (Å²) in [5.41, 5.74) is 0.566. The van der Waals surface area contributed by atoms with Gasteiger partial charge in [-0.15, -0.1) is 24.0 Å². The molecule has 3 N–H and O–H groups in total. The number of anilines is 1. The van der Waals surface area contributed by atoms with E-state index in [2.05, 4.69) is 32.8 Å². The van der Waals surface area contributed by atoms with E-state index in [1.165, 1.54) is 50.1 Å². The first-order valence-electron chi connectivity index (χ1n) is 9.32. The van der Waals surface area contributed by atoms with Crippen LogP contribution >= 0.6 is 24.0 Å². The number of aliphatic imine (C=N–C) groups is 1. The molecule has 0 aromatic heterocycles. The first-order valence-corrected chi connectivity index (χ1v) is 9.32. The molecule has 0 bridgehead atoms. The Hall–Kier alpha value is -1.42. The summed E-state index contributed by atoms with van der Waals surface area (Å²) in [5, 5.41) is 8.93. The molecule has 6 nitrogen and oxygen atoms in total. The van der Waals surface area contributed by atoms with Gasteiger partial charge in [-0.05, 0) is 57.0 Å². The van der Waals surface area contributed by atoms with Gasteiger partial charge >= 0.3 is 0 Å². The van der Waals surface area contributed by atoms with E-state index < -0.39 is 0 Å². The monoisotopic (exact) mass is 491 g/mol. The van der Waals surface area contributed by atoms with Gasteiger partial charge in [0, 0.05) is 31.9 Å². The number of nitrogens with one attached hydrogen (secondary N) is 3. The highest BCUT2D eigenvalue weighted by Crippen LogP contribution is 2.16. The van der Waals surface area contributed by atoms with Crippen molar-refractivity contribution in [1.29, 1.82) is 0 Å². The molecule has 2 rings (SSSR count). The number of guanidine groups is 1. The van der Waals surface area contributed by atoms with Crippen LogP contribution < -0.4 is 16.0 Å². The summed E-state index contributed by atoms with van der Waals surface area (Å²) in [6.07, 6.45) is 4.96. The molecule has 0 saturated carbocycles. The zero-order valence-corrected chi connectivity index (χ0v) is 18.5. The number of hydrogen-bond acceptors (Lipinski definition) is 3. The average molecular weight is 491 g/mol. The molecular weight excluding hydrogens is 460 g/mol. The summed E-state index contributed by atoms with van der Waals surface area (Å²) in [4.78, 5) is 18.6. The maximum Gasteiger partial charge on any atom is 0.243 e. The molecule has 152 valence electrons. The number of nitrogens with zero attached hydrogens (tertiary/aromatic N) is 2. The second-order valence-electron chi connectivity index (χ2n) is 6.64. The van der Waals surface area contributed by atoms with E-state index in [1.807, 2.05) is 0 Å². The van der Waals surface area contributed by atoms with Gasteiger partial charge < -0.3 is 20.9 Å². The zero-order valence-electron chi connectivity index (χ0n) is 16.1. The molecular formula is C19H31FIN5O. The Morgan fingerprint density at radius 2 is 2.00 bits per heavy atom. The highest BCUT2D eigenvalue weighted by atomic mass is 127. The summed E-state index contributed by atoms with van der Waals surface area (Å²) in [6, 6.07) is 6.36. The second-order valence-corrected chi connectivity index (χ2v) is 6.64. The molecule has 0 aliphatic carbocycles. The van der Waals surface area contributed by atoms with Gasteiger partial charge in [-0.2, -0.15) is 0 Å². The molecule has 1 fully saturated rings. The molecule has 1 atom stereocenters. The Morgan fingerprint density at radius 3 is 2.67 bits per heavy atom. The Bertz CT molecular complexity index is 596. The Kier molecular flexibility index (Phi) is 11.3. The van der Waals surface area contributed by atoms with E-state index in [4.69, 9.17) is 0 Å². The quantitative estimate of drug-likeness (QED) is 0.238. The predicted octanol–water partition coefficient (Wildman–Crippen LogP) is 2.81. The molecule has 27 heavy (non-hydrogen) atoms. The van der Waals surface area contributed by atoms with Crippen molar-refractivity contribution in [2.45, 2.75) is 38.6 Å². The maximum absolute atomic E-state index is 12.9. The normalized spacial score (nSPS) is 17.7. The van der Waals surface area contributed by atoms with Gasteiger partial charge in [0.25, 0.3) is 0 Å². The number of amides is 1. The van der Waals surface area contributed by atoms with E-state index in [0.29, 0.717) is 17.7 Å². The van der Waals surface area contributed by atoms with E-state index in [1.54, 1.807) is 7.05 Å². The fraction of sp³-hybridized carbons (Fsp3) is 0.579. The van der Waals surface area contributed by atoms with Crippen LogP contribution in [0.2, 0.25) is 0 Å². The molecule has 1 aromatic rings. The van der Waals surface area contributed by atoms with E-state index in [9.17, 15) is 9.18 Å². The van der Waals surface area contributed by atoms with Gasteiger partial charge in [-0.25, -0.2) is 4.39 Å². The minimum Gasteiger partial charge on any atom is -0.356 e. The lowest BCUT2D eigenvalue weighted by Gasteiger charge is -2.33. The summed E-state index contributed by atoms with van der Waals surface area (Å²) in [6.45, 7) is 5.48. The van der Waals surface area contributed by atoms with Gasteiger partial charge in [0.15, 0.2) is 5.96 Å². The maximum atomic E-state index is 12.9. The molecule has 1 aliphatic rings. The molecule has 0 spiro atoms. The fourth-order valence-corrected chi connectivity index (χ4v) is 3.10. The third kappa shape index (κ3) is 8.87. The van der Waals surface area contributed by atoms with Gasteiger partial charge in [-0.3, -0.25) is 9.79 Å². The molecule has 1 heterocycles. The summed E-state index contributed by atoms with van der Waals surface area (Å²) >= 11 is 0. The van der Waals surface area contributed by atoms with E-state index in [0.717, 1.165) is 19.5 Å². The number of carbonyl (C=O) groups is 1. The van der Waals surface area contributed by atoms with E-state index >= 15 is 0 Å². The van der Waals surface area contributed by atoms with Crippen molar-refractivity contribution in [2.75, 3.05) is 38.5 Å². The van der Waals surface area contributed by atoms with Gasteiger partial charge in [-0.1, -0.05) is 6.42 Å². The third-order valence-corrected chi connectivity index (χ3v) is 4.62. The number of hydrogen-bond donors (Lipinski definition) is 3. The number of likely N-dealkylation sites (tertiary alicyclic amines) is 1. The second kappa shape index (κ2) is 12.9.